The van der Waals surface area contributed by atoms with Crippen LogP contribution in [0.3, 0.4) is 0 Å². The SMILES string of the molecule is CCCC(C)c1cc(C)c(C(=O)NCCc2ccccc2OC)c(=O)o1. The first-order valence-corrected chi connectivity index (χ1v) is 9.02. The molecule has 1 heterocycles. The summed E-state index contributed by atoms with van der Waals surface area (Å²) in [6.07, 6.45) is 2.56. The number of methoxy groups -OCH3 is 1. The molecule has 1 aromatic heterocycles. The number of ether oxygens (including phenoxy) is 1. The van der Waals surface area contributed by atoms with Gasteiger partial charge in [-0.25, -0.2) is 4.79 Å². The first-order chi connectivity index (χ1) is 12.5. The van der Waals surface area contributed by atoms with E-state index in [0.29, 0.717) is 24.3 Å². The molecule has 0 fully saturated rings. The number of rotatable bonds is 8. The summed E-state index contributed by atoms with van der Waals surface area (Å²) in [5.41, 5.74) is 1.16. The summed E-state index contributed by atoms with van der Waals surface area (Å²) >= 11 is 0. The van der Waals surface area contributed by atoms with Gasteiger partial charge in [-0.1, -0.05) is 38.5 Å². The zero-order chi connectivity index (χ0) is 19.1. The molecule has 140 valence electrons. The van der Waals surface area contributed by atoms with Crippen molar-refractivity contribution in [1.82, 2.24) is 5.32 Å². The molecule has 0 radical (unpaired) electrons. The highest BCUT2D eigenvalue weighted by Gasteiger charge is 2.18. The number of aryl methyl sites for hydroxylation is 1. The topological polar surface area (TPSA) is 68.5 Å². The van der Waals surface area contributed by atoms with Crippen molar-refractivity contribution in [3.05, 3.63) is 63.2 Å². The summed E-state index contributed by atoms with van der Waals surface area (Å²) in [5.74, 6) is 1.18. The van der Waals surface area contributed by atoms with Gasteiger partial charge < -0.3 is 14.5 Å². The lowest BCUT2D eigenvalue weighted by atomic mass is 10.0. The first kappa shape index (κ1) is 19.8. The number of benzene rings is 1. The summed E-state index contributed by atoms with van der Waals surface area (Å²) in [5, 5.41) is 2.80. The van der Waals surface area contributed by atoms with Crippen LogP contribution in [0, 0.1) is 6.92 Å². The maximum Gasteiger partial charge on any atom is 0.349 e. The zero-order valence-electron chi connectivity index (χ0n) is 15.9. The van der Waals surface area contributed by atoms with Crippen molar-refractivity contribution in [3.8, 4) is 5.75 Å². The van der Waals surface area contributed by atoms with E-state index in [2.05, 4.69) is 12.2 Å². The van der Waals surface area contributed by atoms with Crippen molar-refractivity contribution in [1.29, 1.82) is 0 Å². The van der Waals surface area contributed by atoms with Gasteiger partial charge in [0.15, 0.2) is 0 Å². The van der Waals surface area contributed by atoms with E-state index >= 15 is 0 Å². The van der Waals surface area contributed by atoms with Crippen LogP contribution in [0.2, 0.25) is 0 Å². The lowest BCUT2D eigenvalue weighted by molar-refractivity contribution is 0.0949. The third-order valence-corrected chi connectivity index (χ3v) is 4.47. The van der Waals surface area contributed by atoms with Crippen LogP contribution in [-0.4, -0.2) is 19.6 Å². The van der Waals surface area contributed by atoms with Gasteiger partial charge in [-0.15, -0.1) is 0 Å². The maximum atomic E-state index is 12.4. The second-order valence-electron chi connectivity index (χ2n) is 6.50. The van der Waals surface area contributed by atoms with Crippen molar-refractivity contribution in [2.24, 2.45) is 0 Å². The molecule has 0 aliphatic carbocycles. The number of amides is 1. The Balaban J connectivity index is 2.06. The van der Waals surface area contributed by atoms with E-state index in [0.717, 1.165) is 24.2 Å². The molecule has 5 heteroatoms. The van der Waals surface area contributed by atoms with Crippen LogP contribution in [0.4, 0.5) is 0 Å². The fraction of sp³-hybridized carbons (Fsp3) is 0.429. The molecule has 0 saturated carbocycles. The number of para-hydroxylation sites is 1. The lowest BCUT2D eigenvalue weighted by Gasteiger charge is -2.12. The lowest BCUT2D eigenvalue weighted by Crippen LogP contribution is -2.31. The molecule has 0 spiro atoms. The van der Waals surface area contributed by atoms with Crippen molar-refractivity contribution >= 4 is 5.91 Å². The van der Waals surface area contributed by atoms with Gasteiger partial charge in [0.2, 0.25) is 0 Å². The monoisotopic (exact) mass is 357 g/mol. The Labute approximate surface area is 154 Å². The summed E-state index contributed by atoms with van der Waals surface area (Å²) < 4.78 is 10.7. The minimum absolute atomic E-state index is 0.0810. The molecule has 0 saturated heterocycles. The Bertz CT molecular complexity index is 810. The highest BCUT2D eigenvalue weighted by atomic mass is 16.5. The van der Waals surface area contributed by atoms with Crippen molar-refractivity contribution in [3.63, 3.8) is 0 Å². The Morgan fingerprint density at radius 2 is 2.04 bits per heavy atom. The van der Waals surface area contributed by atoms with Crippen LogP contribution >= 0.6 is 0 Å². The molecule has 2 rings (SSSR count). The van der Waals surface area contributed by atoms with E-state index < -0.39 is 11.5 Å². The first-order valence-electron chi connectivity index (χ1n) is 9.02. The molecule has 0 aliphatic rings. The fourth-order valence-corrected chi connectivity index (χ4v) is 3.03. The van der Waals surface area contributed by atoms with Crippen molar-refractivity contribution in [2.45, 2.75) is 46.0 Å². The van der Waals surface area contributed by atoms with Crippen LogP contribution in [-0.2, 0) is 6.42 Å². The zero-order valence-corrected chi connectivity index (χ0v) is 15.9. The summed E-state index contributed by atoms with van der Waals surface area (Å²) in [4.78, 5) is 24.7. The average Bonchev–Trinajstić information content (AvgIpc) is 2.61. The van der Waals surface area contributed by atoms with E-state index in [1.807, 2.05) is 31.2 Å². The van der Waals surface area contributed by atoms with Gasteiger partial charge in [-0.3, -0.25) is 4.79 Å². The Morgan fingerprint density at radius 1 is 1.31 bits per heavy atom. The molecule has 1 N–H and O–H groups in total. The van der Waals surface area contributed by atoms with Gasteiger partial charge in [-0.2, -0.15) is 0 Å². The smallest absolute Gasteiger partial charge is 0.349 e. The highest BCUT2D eigenvalue weighted by Crippen LogP contribution is 2.21. The van der Waals surface area contributed by atoms with Gasteiger partial charge in [0.1, 0.15) is 17.1 Å². The standard InChI is InChI=1S/C21H27NO4/c1-5-8-14(2)18-13-15(3)19(21(24)26-18)20(23)22-12-11-16-9-6-7-10-17(16)25-4/h6-7,9-10,13-14H,5,8,11-12H2,1-4H3,(H,22,23). The molecule has 2 aromatic rings. The minimum atomic E-state index is -0.572. The largest absolute Gasteiger partial charge is 0.496 e. The van der Waals surface area contributed by atoms with Gasteiger partial charge in [0.25, 0.3) is 5.91 Å². The molecule has 0 aliphatic heterocycles. The van der Waals surface area contributed by atoms with E-state index in [4.69, 9.17) is 9.15 Å². The summed E-state index contributed by atoms with van der Waals surface area (Å²) in [6.45, 7) is 6.29. The van der Waals surface area contributed by atoms with E-state index in [-0.39, 0.29) is 11.5 Å². The summed E-state index contributed by atoms with van der Waals surface area (Å²) in [7, 11) is 1.62. The van der Waals surface area contributed by atoms with Gasteiger partial charge in [-0.05, 0) is 43.0 Å². The molecule has 5 nitrogen and oxygen atoms in total. The van der Waals surface area contributed by atoms with Crippen LogP contribution in [0.5, 0.6) is 5.75 Å². The van der Waals surface area contributed by atoms with E-state index in [9.17, 15) is 9.59 Å². The number of carbonyl (C=O) groups excluding carboxylic acids is 1. The number of nitrogens with one attached hydrogen (secondary N) is 1. The maximum absolute atomic E-state index is 12.4. The second kappa shape index (κ2) is 9.22. The quantitative estimate of drug-likeness (QED) is 0.779. The molecular weight excluding hydrogens is 330 g/mol. The van der Waals surface area contributed by atoms with Gasteiger partial charge in [0, 0.05) is 12.5 Å². The molecule has 26 heavy (non-hydrogen) atoms. The Kier molecular flexibility index (Phi) is 7.01. The van der Waals surface area contributed by atoms with E-state index in [1.54, 1.807) is 20.1 Å². The third kappa shape index (κ3) is 4.75. The predicted octanol–water partition coefficient (Wildman–Crippen LogP) is 3.83. The third-order valence-electron chi connectivity index (χ3n) is 4.47. The van der Waals surface area contributed by atoms with Crippen LogP contribution in [0.1, 0.15) is 59.9 Å². The fourth-order valence-electron chi connectivity index (χ4n) is 3.03. The second-order valence-corrected chi connectivity index (χ2v) is 6.50. The number of hydrogen-bond donors (Lipinski definition) is 1. The summed E-state index contributed by atoms with van der Waals surface area (Å²) in [6, 6.07) is 9.46. The molecule has 1 amide bonds. The molecular formula is C21H27NO4. The number of hydrogen-bond acceptors (Lipinski definition) is 4. The van der Waals surface area contributed by atoms with Crippen LogP contribution in [0.25, 0.3) is 0 Å². The molecule has 1 aromatic carbocycles. The molecule has 0 bridgehead atoms. The van der Waals surface area contributed by atoms with Gasteiger partial charge in [0.05, 0.1) is 7.11 Å². The normalized spacial score (nSPS) is 11.8. The van der Waals surface area contributed by atoms with Gasteiger partial charge >= 0.3 is 5.63 Å². The minimum Gasteiger partial charge on any atom is -0.496 e. The van der Waals surface area contributed by atoms with E-state index in [1.165, 1.54) is 0 Å². The van der Waals surface area contributed by atoms with Crippen LogP contribution < -0.4 is 15.7 Å². The average molecular weight is 357 g/mol. The predicted molar refractivity (Wildman–Crippen MR) is 102 cm³/mol. The van der Waals surface area contributed by atoms with Crippen molar-refractivity contribution < 1.29 is 13.9 Å². The Hall–Kier alpha value is -2.56. The molecule has 1 unspecified atom stereocenters. The molecule has 1 atom stereocenters. The Morgan fingerprint density at radius 3 is 2.69 bits per heavy atom. The van der Waals surface area contributed by atoms with Crippen molar-refractivity contribution in [2.75, 3.05) is 13.7 Å². The van der Waals surface area contributed by atoms with Crippen LogP contribution in [0.15, 0.2) is 39.5 Å². The highest BCUT2D eigenvalue weighted by molar-refractivity contribution is 5.95. The number of carbonyl (C=O) groups is 1.